The molecule has 2 rings (SSSR count). The fourth-order valence-corrected chi connectivity index (χ4v) is 4.07. The quantitative estimate of drug-likeness (QED) is 0.471. The maximum absolute atomic E-state index is 12.6. The van der Waals surface area contributed by atoms with Gasteiger partial charge in [0.15, 0.2) is 12.4 Å². The zero-order chi connectivity index (χ0) is 21.6. The van der Waals surface area contributed by atoms with Crippen LogP contribution < -0.4 is 5.32 Å². The van der Waals surface area contributed by atoms with Crippen molar-refractivity contribution >= 4 is 33.4 Å². The molecule has 0 unspecified atom stereocenters. The molecule has 1 amide bonds. The van der Waals surface area contributed by atoms with Gasteiger partial charge in [0.25, 0.3) is 5.91 Å². The Kier molecular flexibility index (Phi) is 7.29. The van der Waals surface area contributed by atoms with Crippen LogP contribution in [0, 0.1) is 0 Å². The molecule has 0 bridgehead atoms. The fraction of sp³-hybridized carbons (Fsp3) is 0.316. The van der Waals surface area contributed by atoms with Crippen LogP contribution in [0.25, 0.3) is 0 Å². The Labute approximate surface area is 169 Å². The van der Waals surface area contributed by atoms with E-state index in [1.807, 2.05) is 0 Å². The molecule has 156 valence electrons. The Balaban J connectivity index is 2.00. The molecule has 9 nitrogen and oxygen atoms in total. The zero-order valence-corrected chi connectivity index (χ0v) is 17.2. The van der Waals surface area contributed by atoms with Crippen LogP contribution in [0.4, 0.5) is 5.69 Å². The summed E-state index contributed by atoms with van der Waals surface area (Å²) in [6, 6.07) is 7.17. The summed E-state index contributed by atoms with van der Waals surface area (Å²) in [5.41, 5.74) is 0.640. The number of nitrogens with zero attached hydrogens (tertiary/aromatic N) is 1. The molecule has 1 aromatic carbocycles. The number of ketones is 1. The smallest absolute Gasteiger partial charge is 0.355 e. The Bertz CT molecular complexity index is 1010. The highest BCUT2D eigenvalue weighted by Crippen LogP contribution is 2.19. The molecule has 0 aliphatic heterocycles. The standard InChI is InChI=1S/C19H23N3O6S/c1-4-22(5-2)29(26,27)16-8-6-7-15(10-16)21-18(24)12-28-19(25)17-9-14(11-20-17)13(3)23/h6-11,20H,4-5,12H2,1-3H3,(H,21,24). The summed E-state index contributed by atoms with van der Waals surface area (Å²) in [6.07, 6.45) is 1.38. The topological polar surface area (TPSA) is 126 Å². The molecule has 1 aromatic heterocycles. The van der Waals surface area contributed by atoms with Gasteiger partial charge in [0.2, 0.25) is 10.0 Å². The molecule has 0 fully saturated rings. The molecule has 1 heterocycles. The van der Waals surface area contributed by atoms with Crippen molar-refractivity contribution in [1.29, 1.82) is 0 Å². The van der Waals surface area contributed by atoms with Gasteiger partial charge in [0.1, 0.15) is 5.69 Å². The second-order valence-electron chi connectivity index (χ2n) is 6.10. The zero-order valence-electron chi connectivity index (χ0n) is 16.4. The molecule has 2 N–H and O–H groups in total. The number of benzene rings is 1. The molecule has 0 saturated heterocycles. The van der Waals surface area contributed by atoms with Gasteiger partial charge >= 0.3 is 5.97 Å². The molecule has 0 atom stereocenters. The van der Waals surface area contributed by atoms with Gasteiger partial charge in [-0.2, -0.15) is 4.31 Å². The van der Waals surface area contributed by atoms with Crippen LogP contribution in [0.5, 0.6) is 0 Å². The van der Waals surface area contributed by atoms with Crippen molar-refractivity contribution in [1.82, 2.24) is 9.29 Å². The van der Waals surface area contributed by atoms with Gasteiger partial charge in [0.05, 0.1) is 4.90 Å². The first-order valence-electron chi connectivity index (χ1n) is 8.95. The van der Waals surface area contributed by atoms with E-state index in [2.05, 4.69) is 10.3 Å². The number of aromatic amines is 1. The Morgan fingerprint density at radius 1 is 1.14 bits per heavy atom. The van der Waals surface area contributed by atoms with E-state index in [-0.39, 0.29) is 22.1 Å². The van der Waals surface area contributed by atoms with Gasteiger partial charge in [0, 0.05) is 30.5 Å². The first-order chi connectivity index (χ1) is 13.7. The van der Waals surface area contributed by atoms with Crippen LogP contribution in [0.3, 0.4) is 0 Å². The maximum Gasteiger partial charge on any atom is 0.355 e. The summed E-state index contributed by atoms with van der Waals surface area (Å²) < 4.78 is 31.4. The summed E-state index contributed by atoms with van der Waals surface area (Å²) in [6.45, 7) is 4.93. The molecule has 0 saturated carbocycles. The predicted octanol–water partition coefficient (Wildman–Crippen LogP) is 2.04. The number of hydrogen-bond acceptors (Lipinski definition) is 6. The number of nitrogens with one attached hydrogen (secondary N) is 2. The lowest BCUT2D eigenvalue weighted by Crippen LogP contribution is -2.30. The summed E-state index contributed by atoms with van der Waals surface area (Å²) >= 11 is 0. The van der Waals surface area contributed by atoms with Crippen LogP contribution in [-0.4, -0.2) is 55.1 Å². The average Bonchev–Trinajstić information content (AvgIpc) is 3.18. The van der Waals surface area contributed by atoms with E-state index in [0.717, 1.165) is 0 Å². The second kappa shape index (κ2) is 9.48. The first kappa shape index (κ1) is 22.3. The fourth-order valence-electron chi connectivity index (χ4n) is 2.57. The van der Waals surface area contributed by atoms with E-state index in [1.54, 1.807) is 13.8 Å². The van der Waals surface area contributed by atoms with Gasteiger partial charge in [-0.25, -0.2) is 13.2 Å². The predicted molar refractivity (Wildman–Crippen MR) is 106 cm³/mol. The van der Waals surface area contributed by atoms with Gasteiger partial charge in [-0.15, -0.1) is 0 Å². The third-order valence-electron chi connectivity index (χ3n) is 4.10. The Morgan fingerprint density at radius 3 is 2.41 bits per heavy atom. The Hall–Kier alpha value is -2.98. The molecular formula is C19H23N3O6S. The lowest BCUT2D eigenvalue weighted by Gasteiger charge is -2.18. The molecule has 29 heavy (non-hydrogen) atoms. The van der Waals surface area contributed by atoms with Gasteiger partial charge in [-0.3, -0.25) is 9.59 Å². The number of hydrogen-bond donors (Lipinski definition) is 2. The van der Waals surface area contributed by atoms with Crippen LogP contribution in [0.1, 0.15) is 41.6 Å². The number of carbonyl (C=O) groups is 3. The van der Waals surface area contributed by atoms with Crippen molar-refractivity contribution in [2.45, 2.75) is 25.7 Å². The minimum atomic E-state index is -3.66. The van der Waals surface area contributed by atoms with E-state index in [0.29, 0.717) is 18.7 Å². The minimum Gasteiger partial charge on any atom is -0.451 e. The normalized spacial score (nSPS) is 11.3. The molecule has 2 aromatic rings. The third-order valence-corrected chi connectivity index (χ3v) is 6.15. The number of carbonyl (C=O) groups excluding carboxylic acids is 3. The number of anilines is 1. The highest BCUT2D eigenvalue weighted by Gasteiger charge is 2.22. The van der Waals surface area contributed by atoms with Crippen LogP contribution in [0.15, 0.2) is 41.4 Å². The summed E-state index contributed by atoms with van der Waals surface area (Å²) in [5.74, 6) is -1.63. The number of esters is 1. The highest BCUT2D eigenvalue weighted by atomic mass is 32.2. The molecule has 0 spiro atoms. The van der Waals surface area contributed by atoms with Gasteiger partial charge in [-0.05, 0) is 31.2 Å². The largest absolute Gasteiger partial charge is 0.451 e. The molecular weight excluding hydrogens is 398 g/mol. The molecule has 10 heteroatoms. The Morgan fingerprint density at radius 2 is 1.83 bits per heavy atom. The summed E-state index contributed by atoms with van der Waals surface area (Å²) in [4.78, 5) is 37.9. The van der Waals surface area contributed by atoms with Crippen molar-refractivity contribution in [3.05, 3.63) is 47.8 Å². The van der Waals surface area contributed by atoms with E-state index in [1.165, 1.54) is 47.8 Å². The summed E-state index contributed by atoms with van der Waals surface area (Å²) in [5, 5.41) is 2.50. The van der Waals surface area contributed by atoms with Crippen molar-refractivity contribution in [3.63, 3.8) is 0 Å². The molecule has 0 radical (unpaired) electrons. The number of H-pyrrole nitrogens is 1. The number of aromatic nitrogens is 1. The average molecular weight is 421 g/mol. The van der Waals surface area contributed by atoms with Crippen LogP contribution in [0.2, 0.25) is 0 Å². The number of rotatable bonds is 9. The van der Waals surface area contributed by atoms with Gasteiger partial charge < -0.3 is 15.0 Å². The minimum absolute atomic E-state index is 0.0512. The van der Waals surface area contributed by atoms with Crippen molar-refractivity contribution < 1.29 is 27.5 Å². The number of Topliss-reactive ketones (excluding diaryl/α,β-unsaturated/α-hetero) is 1. The lowest BCUT2D eigenvalue weighted by molar-refractivity contribution is -0.119. The maximum atomic E-state index is 12.6. The molecule has 0 aliphatic carbocycles. The van der Waals surface area contributed by atoms with Crippen molar-refractivity contribution in [3.8, 4) is 0 Å². The monoisotopic (exact) mass is 421 g/mol. The number of sulfonamides is 1. The highest BCUT2D eigenvalue weighted by molar-refractivity contribution is 7.89. The second-order valence-corrected chi connectivity index (χ2v) is 8.04. The van der Waals surface area contributed by atoms with Crippen LogP contribution in [-0.2, 0) is 19.6 Å². The number of amides is 1. The van der Waals surface area contributed by atoms with E-state index < -0.39 is 28.5 Å². The lowest BCUT2D eigenvalue weighted by atomic mass is 10.2. The van der Waals surface area contributed by atoms with E-state index >= 15 is 0 Å². The third kappa shape index (κ3) is 5.52. The van der Waals surface area contributed by atoms with E-state index in [9.17, 15) is 22.8 Å². The SMILES string of the molecule is CCN(CC)S(=O)(=O)c1cccc(NC(=O)COC(=O)c2cc(C(C)=O)c[nH]2)c1. The first-order valence-corrected chi connectivity index (χ1v) is 10.4. The number of ether oxygens (including phenoxy) is 1. The van der Waals surface area contributed by atoms with Crippen molar-refractivity contribution in [2.75, 3.05) is 25.0 Å². The molecule has 0 aliphatic rings. The van der Waals surface area contributed by atoms with Crippen molar-refractivity contribution in [2.24, 2.45) is 0 Å². The van der Waals surface area contributed by atoms with E-state index in [4.69, 9.17) is 4.74 Å². The van der Waals surface area contributed by atoms with Gasteiger partial charge in [-0.1, -0.05) is 19.9 Å². The van der Waals surface area contributed by atoms with Crippen LogP contribution >= 0.6 is 0 Å². The summed E-state index contributed by atoms with van der Waals surface area (Å²) in [7, 11) is -3.66.